The highest BCUT2D eigenvalue weighted by Gasteiger charge is 2.01. The van der Waals surface area contributed by atoms with E-state index in [1.807, 2.05) is 6.21 Å². The highest BCUT2D eigenvalue weighted by atomic mass is 79.9. The third-order valence-corrected chi connectivity index (χ3v) is 1.57. The first kappa shape index (κ1) is 6.02. The predicted molar refractivity (Wildman–Crippen MR) is 39.8 cm³/mol. The number of alkyl halides is 1. The molecule has 2 heteroatoms. The van der Waals surface area contributed by atoms with E-state index in [2.05, 4.69) is 33.9 Å². The van der Waals surface area contributed by atoms with Gasteiger partial charge < -0.3 is 0 Å². The number of rotatable bonds is 0. The molecule has 0 N–H and O–H groups in total. The normalized spacial score (nSPS) is 27.8. The van der Waals surface area contributed by atoms with Gasteiger partial charge in [0.05, 0.1) is 11.4 Å². The van der Waals surface area contributed by atoms with Crippen LogP contribution in [0.15, 0.2) is 16.6 Å². The van der Waals surface area contributed by atoms with Crippen LogP contribution in [0.3, 0.4) is 0 Å². The molecule has 0 radical (unpaired) electrons. The molecule has 8 heavy (non-hydrogen) atoms. The van der Waals surface area contributed by atoms with Gasteiger partial charge in [-0.15, -0.1) is 0 Å². The Labute approximate surface area is 57.6 Å². The summed E-state index contributed by atoms with van der Waals surface area (Å²) < 4.78 is 0. The molecular formula is C6H8BrN. The van der Waals surface area contributed by atoms with E-state index in [9.17, 15) is 0 Å². The van der Waals surface area contributed by atoms with Crippen LogP contribution in [0.4, 0.5) is 0 Å². The third kappa shape index (κ3) is 1.44. The zero-order chi connectivity index (χ0) is 5.98. The second-order valence-electron chi connectivity index (χ2n) is 1.92. The summed E-state index contributed by atoms with van der Waals surface area (Å²) in [6.45, 7) is 2.94. The van der Waals surface area contributed by atoms with Crippen molar-refractivity contribution in [3.8, 4) is 0 Å². The van der Waals surface area contributed by atoms with Crippen molar-refractivity contribution in [2.24, 2.45) is 4.99 Å². The van der Waals surface area contributed by atoms with Gasteiger partial charge in [-0.25, -0.2) is 0 Å². The van der Waals surface area contributed by atoms with Gasteiger partial charge in [0.25, 0.3) is 0 Å². The molecule has 1 atom stereocenters. The van der Waals surface area contributed by atoms with Crippen molar-refractivity contribution in [1.82, 2.24) is 0 Å². The molecule has 1 heterocycles. The van der Waals surface area contributed by atoms with Crippen LogP contribution in [0.2, 0.25) is 0 Å². The molecule has 0 aromatic heterocycles. The second-order valence-corrected chi connectivity index (χ2v) is 3.10. The molecule has 0 saturated carbocycles. The highest BCUT2D eigenvalue weighted by molar-refractivity contribution is 9.09. The minimum atomic E-state index is 0.465. The summed E-state index contributed by atoms with van der Waals surface area (Å²) in [5.41, 5.74) is 1.25. The summed E-state index contributed by atoms with van der Waals surface area (Å²) in [6.07, 6.45) is 4.06. The average molecular weight is 174 g/mol. The van der Waals surface area contributed by atoms with Crippen LogP contribution < -0.4 is 0 Å². The van der Waals surface area contributed by atoms with E-state index < -0.39 is 0 Å². The Kier molecular flexibility index (Phi) is 1.84. The molecule has 0 fully saturated rings. The van der Waals surface area contributed by atoms with E-state index in [4.69, 9.17) is 0 Å². The van der Waals surface area contributed by atoms with Gasteiger partial charge in [-0.2, -0.15) is 0 Å². The van der Waals surface area contributed by atoms with Crippen LogP contribution in [0.5, 0.6) is 0 Å². The maximum atomic E-state index is 4.10. The average Bonchev–Trinajstić information content (AvgIpc) is 1.64. The first-order valence-electron chi connectivity index (χ1n) is 2.61. The summed E-state index contributed by atoms with van der Waals surface area (Å²) >= 11 is 3.44. The van der Waals surface area contributed by atoms with E-state index in [-0.39, 0.29) is 0 Å². The molecule has 0 aromatic carbocycles. The smallest absolute Gasteiger partial charge is 0.0550 e. The van der Waals surface area contributed by atoms with Crippen molar-refractivity contribution < 1.29 is 0 Å². The molecule has 0 aromatic rings. The van der Waals surface area contributed by atoms with Crippen LogP contribution in [0.1, 0.15) is 6.92 Å². The Hall–Kier alpha value is -0.110. The van der Waals surface area contributed by atoms with Gasteiger partial charge in [-0.05, 0) is 12.5 Å². The summed E-state index contributed by atoms with van der Waals surface area (Å²) in [7, 11) is 0. The fourth-order valence-corrected chi connectivity index (χ4v) is 1.26. The van der Waals surface area contributed by atoms with Gasteiger partial charge in [-0.1, -0.05) is 22.0 Å². The minimum absolute atomic E-state index is 0.465. The summed E-state index contributed by atoms with van der Waals surface area (Å²) in [5, 5.41) is 0. The fraction of sp³-hybridized carbons (Fsp3) is 0.500. The molecule has 1 aliphatic rings. The quantitative estimate of drug-likeness (QED) is 0.496. The highest BCUT2D eigenvalue weighted by Crippen LogP contribution is 2.08. The molecular weight excluding hydrogens is 166 g/mol. The number of hydrogen-bond donors (Lipinski definition) is 0. The summed E-state index contributed by atoms with van der Waals surface area (Å²) in [6, 6.07) is 0. The number of dihydropyridines is 1. The van der Waals surface area contributed by atoms with Gasteiger partial charge in [0.15, 0.2) is 0 Å². The SMILES string of the molecule is CC1=CC(Br)CN=C1. The molecule has 0 spiro atoms. The lowest BCUT2D eigenvalue weighted by Gasteiger charge is -2.05. The van der Waals surface area contributed by atoms with Gasteiger partial charge in [0, 0.05) is 6.21 Å². The van der Waals surface area contributed by atoms with Crippen molar-refractivity contribution in [1.29, 1.82) is 0 Å². The number of aliphatic imine (C=N–C) groups is 1. The van der Waals surface area contributed by atoms with E-state index in [0.717, 1.165) is 6.54 Å². The summed E-state index contributed by atoms with van der Waals surface area (Å²) in [5.74, 6) is 0. The van der Waals surface area contributed by atoms with E-state index in [1.165, 1.54) is 5.57 Å². The van der Waals surface area contributed by atoms with Crippen molar-refractivity contribution in [3.63, 3.8) is 0 Å². The van der Waals surface area contributed by atoms with Gasteiger partial charge in [0.1, 0.15) is 0 Å². The van der Waals surface area contributed by atoms with Crippen LogP contribution in [0, 0.1) is 0 Å². The molecule has 1 unspecified atom stereocenters. The zero-order valence-corrected chi connectivity index (χ0v) is 6.35. The number of nitrogens with zero attached hydrogens (tertiary/aromatic N) is 1. The molecule has 0 aliphatic carbocycles. The van der Waals surface area contributed by atoms with Gasteiger partial charge >= 0.3 is 0 Å². The van der Waals surface area contributed by atoms with E-state index in [0.29, 0.717) is 4.83 Å². The van der Waals surface area contributed by atoms with Crippen LogP contribution in [-0.2, 0) is 0 Å². The molecule has 1 nitrogen and oxygen atoms in total. The van der Waals surface area contributed by atoms with Crippen molar-refractivity contribution in [2.75, 3.05) is 6.54 Å². The number of halogens is 1. The fourth-order valence-electron chi connectivity index (χ4n) is 0.678. The lowest BCUT2D eigenvalue weighted by atomic mass is 10.2. The molecule has 1 aliphatic heterocycles. The number of allylic oxidation sites excluding steroid dienone is 1. The van der Waals surface area contributed by atoms with Crippen molar-refractivity contribution in [2.45, 2.75) is 11.8 Å². The van der Waals surface area contributed by atoms with Crippen molar-refractivity contribution in [3.05, 3.63) is 11.6 Å². The predicted octanol–water partition coefficient (Wildman–Crippen LogP) is 1.78. The Balaban J connectivity index is 2.63. The topological polar surface area (TPSA) is 12.4 Å². The Morgan fingerprint density at radius 3 is 3.00 bits per heavy atom. The Bertz CT molecular complexity index is 137. The zero-order valence-electron chi connectivity index (χ0n) is 4.76. The van der Waals surface area contributed by atoms with Crippen LogP contribution in [-0.4, -0.2) is 17.6 Å². The van der Waals surface area contributed by atoms with Crippen LogP contribution in [0.25, 0.3) is 0 Å². The maximum absolute atomic E-state index is 4.10. The molecule has 0 amide bonds. The molecule has 1 rings (SSSR count). The third-order valence-electron chi connectivity index (χ3n) is 1.02. The van der Waals surface area contributed by atoms with Gasteiger partial charge in [-0.3, -0.25) is 4.99 Å². The van der Waals surface area contributed by atoms with Crippen molar-refractivity contribution >= 4 is 22.1 Å². The molecule has 0 saturated heterocycles. The Morgan fingerprint density at radius 1 is 1.88 bits per heavy atom. The first-order valence-corrected chi connectivity index (χ1v) is 3.53. The van der Waals surface area contributed by atoms with Gasteiger partial charge in [0.2, 0.25) is 0 Å². The Morgan fingerprint density at radius 2 is 2.62 bits per heavy atom. The largest absolute Gasteiger partial charge is 0.291 e. The molecule has 0 bridgehead atoms. The first-order chi connectivity index (χ1) is 3.79. The number of hydrogen-bond acceptors (Lipinski definition) is 1. The lowest BCUT2D eigenvalue weighted by molar-refractivity contribution is 1.02. The van der Waals surface area contributed by atoms with E-state index >= 15 is 0 Å². The van der Waals surface area contributed by atoms with E-state index in [1.54, 1.807) is 0 Å². The van der Waals surface area contributed by atoms with Crippen LogP contribution >= 0.6 is 15.9 Å². The minimum Gasteiger partial charge on any atom is -0.291 e. The molecule has 44 valence electrons. The lowest BCUT2D eigenvalue weighted by Crippen LogP contribution is -2.04. The summed E-state index contributed by atoms with van der Waals surface area (Å²) in [4.78, 5) is 4.56. The monoisotopic (exact) mass is 173 g/mol. The maximum Gasteiger partial charge on any atom is 0.0550 e. The standard InChI is InChI=1S/C6H8BrN/c1-5-2-6(7)4-8-3-5/h2-3,6H,4H2,1H3. The second kappa shape index (κ2) is 2.44.